The van der Waals surface area contributed by atoms with Crippen LogP contribution < -0.4 is 0 Å². The summed E-state index contributed by atoms with van der Waals surface area (Å²) in [6.07, 6.45) is -4.19. The number of hydrogen-bond donors (Lipinski definition) is 0. The van der Waals surface area contributed by atoms with Gasteiger partial charge in [0.25, 0.3) is 0 Å². The summed E-state index contributed by atoms with van der Waals surface area (Å²) in [4.78, 5) is 3.94. The number of rotatable bonds is 1. The molecule has 0 N–H and O–H groups in total. The molecule has 1 nitrogen and oxygen atoms in total. The van der Waals surface area contributed by atoms with Crippen molar-refractivity contribution in [3.8, 4) is 0 Å². The molecule has 1 heterocycles. The number of nitrogens with zero attached hydrogens (tertiary/aromatic N) is 1. The Morgan fingerprint density at radius 1 is 1.19 bits per heavy atom. The maximum atomic E-state index is 12.4. The molecule has 1 aromatic rings. The van der Waals surface area contributed by atoms with Crippen LogP contribution in [-0.4, -0.2) is 18.4 Å². The Labute approximate surface area is 95.9 Å². The number of aliphatic imine (C=N–C) groups is 1. The van der Waals surface area contributed by atoms with Gasteiger partial charge in [-0.25, -0.2) is 0 Å². The van der Waals surface area contributed by atoms with Crippen molar-refractivity contribution in [1.82, 2.24) is 0 Å². The van der Waals surface area contributed by atoms with Gasteiger partial charge in [0.2, 0.25) is 0 Å². The second kappa shape index (κ2) is 4.09. The van der Waals surface area contributed by atoms with Crippen LogP contribution in [-0.2, 0) is 0 Å². The van der Waals surface area contributed by atoms with Crippen molar-refractivity contribution in [1.29, 1.82) is 0 Å². The third-order valence-electron chi connectivity index (χ3n) is 2.58. The smallest absolute Gasteiger partial charge is 0.288 e. The second-order valence-electron chi connectivity index (χ2n) is 3.74. The number of hydrogen-bond acceptors (Lipinski definition) is 1. The Balaban J connectivity index is 2.12. The maximum absolute atomic E-state index is 12.4. The van der Waals surface area contributed by atoms with Gasteiger partial charge < -0.3 is 0 Å². The van der Waals surface area contributed by atoms with Crippen LogP contribution in [0.2, 0.25) is 5.02 Å². The van der Waals surface area contributed by atoms with Crippen molar-refractivity contribution >= 4 is 17.3 Å². The maximum Gasteiger partial charge on any atom is 0.393 e. The van der Waals surface area contributed by atoms with Crippen LogP contribution in [0.25, 0.3) is 0 Å². The van der Waals surface area contributed by atoms with Gasteiger partial charge in [-0.2, -0.15) is 13.2 Å². The molecule has 0 unspecified atom stereocenters. The van der Waals surface area contributed by atoms with E-state index in [0.29, 0.717) is 10.7 Å². The first-order valence-corrected chi connectivity index (χ1v) is 5.20. The van der Waals surface area contributed by atoms with Crippen LogP contribution in [0.5, 0.6) is 0 Å². The van der Waals surface area contributed by atoms with E-state index in [-0.39, 0.29) is 13.0 Å². The molecule has 1 atom stereocenters. The van der Waals surface area contributed by atoms with Gasteiger partial charge >= 0.3 is 6.18 Å². The quantitative estimate of drug-likeness (QED) is 0.717. The topological polar surface area (TPSA) is 12.4 Å². The summed E-state index contributed by atoms with van der Waals surface area (Å²) in [5, 5.41) is 0.565. The van der Waals surface area contributed by atoms with Crippen LogP contribution in [0, 0.1) is 5.92 Å². The number of halogens is 4. The molecule has 1 aromatic carbocycles. The van der Waals surface area contributed by atoms with Crippen molar-refractivity contribution in [3.63, 3.8) is 0 Å². The summed E-state index contributed by atoms with van der Waals surface area (Å²) in [5.74, 6) is -1.34. The molecule has 16 heavy (non-hydrogen) atoms. The Morgan fingerprint density at radius 2 is 1.81 bits per heavy atom. The minimum absolute atomic E-state index is 0.0366. The van der Waals surface area contributed by atoms with Crippen molar-refractivity contribution in [3.05, 3.63) is 34.9 Å². The molecule has 0 aliphatic carbocycles. The standard InChI is InChI=1S/C11H9ClF3N/c12-9-3-1-7(2-4-9)10-5-8(6-16-10)11(13,14)15/h1-4,8H,5-6H2/t8-/m0/s1. The van der Waals surface area contributed by atoms with Crippen LogP contribution in [0.15, 0.2) is 29.3 Å². The number of benzene rings is 1. The SMILES string of the molecule is FC(F)(F)[C@@H]1CN=C(c2ccc(Cl)cc2)C1. The summed E-state index contributed by atoms with van der Waals surface area (Å²) in [6.45, 7) is -0.165. The van der Waals surface area contributed by atoms with Gasteiger partial charge in [0, 0.05) is 17.2 Å². The predicted molar refractivity (Wildman–Crippen MR) is 57.0 cm³/mol. The molecule has 1 aliphatic heterocycles. The lowest BCUT2D eigenvalue weighted by Gasteiger charge is -2.12. The van der Waals surface area contributed by atoms with E-state index in [1.165, 1.54) is 0 Å². The van der Waals surface area contributed by atoms with Crippen molar-refractivity contribution in [2.45, 2.75) is 12.6 Å². The highest BCUT2D eigenvalue weighted by molar-refractivity contribution is 6.30. The molecule has 0 saturated heterocycles. The summed E-state index contributed by atoms with van der Waals surface area (Å²) in [7, 11) is 0. The van der Waals surface area contributed by atoms with Crippen molar-refractivity contribution in [2.24, 2.45) is 10.9 Å². The van der Waals surface area contributed by atoms with Gasteiger partial charge in [0.1, 0.15) is 0 Å². The zero-order chi connectivity index (χ0) is 11.8. The summed E-state index contributed by atoms with van der Waals surface area (Å²) >= 11 is 5.70. The lowest BCUT2D eigenvalue weighted by atomic mass is 10.0. The predicted octanol–water partition coefficient (Wildman–Crippen LogP) is 3.71. The van der Waals surface area contributed by atoms with E-state index >= 15 is 0 Å². The van der Waals surface area contributed by atoms with E-state index in [4.69, 9.17) is 11.6 Å². The van der Waals surface area contributed by atoms with Crippen LogP contribution in [0.3, 0.4) is 0 Å². The Hall–Kier alpha value is -1.03. The van der Waals surface area contributed by atoms with E-state index in [0.717, 1.165) is 5.56 Å². The monoisotopic (exact) mass is 247 g/mol. The average molecular weight is 248 g/mol. The first-order valence-electron chi connectivity index (χ1n) is 4.83. The normalized spacial score (nSPS) is 21.0. The third kappa shape index (κ3) is 2.38. The molecule has 2 rings (SSSR count). The van der Waals surface area contributed by atoms with Gasteiger partial charge in [-0.05, 0) is 17.7 Å². The first-order chi connectivity index (χ1) is 7.47. The van der Waals surface area contributed by atoms with E-state index in [2.05, 4.69) is 4.99 Å². The molecule has 1 aliphatic rings. The molecule has 5 heteroatoms. The molecule has 0 saturated carbocycles. The van der Waals surface area contributed by atoms with E-state index in [1.807, 2.05) is 0 Å². The van der Waals surface area contributed by atoms with Crippen molar-refractivity contribution < 1.29 is 13.2 Å². The van der Waals surface area contributed by atoms with E-state index in [1.54, 1.807) is 24.3 Å². The Bertz CT molecular complexity index is 408. The summed E-state index contributed by atoms with van der Waals surface area (Å²) in [5.41, 5.74) is 1.23. The largest absolute Gasteiger partial charge is 0.393 e. The molecule has 0 fully saturated rings. The average Bonchev–Trinajstić information content (AvgIpc) is 2.67. The molecule has 86 valence electrons. The minimum atomic E-state index is -4.16. The lowest BCUT2D eigenvalue weighted by molar-refractivity contribution is -0.167. The second-order valence-corrected chi connectivity index (χ2v) is 4.17. The van der Waals surface area contributed by atoms with Crippen LogP contribution >= 0.6 is 11.6 Å². The van der Waals surface area contributed by atoms with Gasteiger partial charge in [-0.15, -0.1) is 0 Å². The van der Waals surface area contributed by atoms with Crippen molar-refractivity contribution in [2.75, 3.05) is 6.54 Å². The third-order valence-corrected chi connectivity index (χ3v) is 2.83. The van der Waals surface area contributed by atoms with Gasteiger partial charge in [-0.3, -0.25) is 4.99 Å². The fraction of sp³-hybridized carbons (Fsp3) is 0.364. The highest BCUT2D eigenvalue weighted by atomic mass is 35.5. The molecule has 0 spiro atoms. The first kappa shape index (κ1) is 11.5. The number of alkyl halides is 3. The van der Waals surface area contributed by atoms with Crippen LogP contribution in [0.4, 0.5) is 13.2 Å². The highest BCUT2D eigenvalue weighted by Crippen LogP contribution is 2.33. The Morgan fingerprint density at radius 3 is 2.31 bits per heavy atom. The highest BCUT2D eigenvalue weighted by Gasteiger charge is 2.42. The van der Waals surface area contributed by atoms with E-state index in [9.17, 15) is 13.2 Å². The van der Waals surface area contributed by atoms with Gasteiger partial charge in [-0.1, -0.05) is 23.7 Å². The molecular weight excluding hydrogens is 239 g/mol. The summed E-state index contributed by atoms with van der Waals surface area (Å²) < 4.78 is 37.3. The Kier molecular flexibility index (Phi) is 2.93. The molecular formula is C11H9ClF3N. The fourth-order valence-electron chi connectivity index (χ4n) is 1.65. The fourth-order valence-corrected chi connectivity index (χ4v) is 1.78. The zero-order valence-corrected chi connectivity index (χ0v) is 9.02. The zero-order valence-electron chi connectivity index (χ0n) is 8.26. The minimum Gasteiger partial charge on any atom is -0.288 e. The molecule has 0 aromatic heterocycles. The van der Waals surface area contributed by atoms with Crippen LogP contribution in [0.1, 0.15) is 12.0 Å². The molecule has 0 amide bonds. The van der Waals surface area contributed by atoms with Gasteiger partial charge in [0.05, 0.1) is 12.5 Å². The summed E-state index contributed by atoms with van der Waals surface area (Å²) in [6, 6.07) is 6.69. The molecule has 0 bridgehead atoms. The van der Waals surface area contributed by atoms with Gasteiger partial charge in [0.15, 0.2) is 0 Å². The molecule has 0 radical (unpaired) electrons. The van der Waals surface area contributed by atoms with E-state index < -0.39 is 12.1 Å². The lowest BCUT2D eigenvalue weighted by Crippen LogP contribution is -2.23.